The van der Waals surface area contributed by atoms with Crippen LogP contribution in [0.5, 0.6) is 5.75 Å². The highest BCUT2D eigenvalue weighted by molar-refractivity contribution is 7.86. The molecule has 0 aromatic heterocycles. The van der Waals surface area contributed by atoms with Gasteiger partial charge in [0.1, 0.15) is 29.1 Å². The lowest BCUT2D eigenvalue weighted by Gasteiger charge is -2.48. The average Bonchev–Trinajstić information content (AvgIpc) is 2.98. The summed E-state index contributed by atoms with van der Waals surface area (Å²) < 4.78 is 24.3. The molecular formula is C29H24N2O7S. The second-order valence-electron chi connectivity index (χ2n) is 8.87. The van der Waals surface area contributed by atoms with Crippen molar-refractivity contribution in [2.45, 2.75) is 17.5 Å². The van der Waals surface area contributed by atoms with Crippen LogP contribution < -0.4 is 10.1 Å². The molecule has 3 aromatic carbocycles. The van der Waals surface area contributed by atoms with Gasteiger partial charge in [0.15, 0.2) is 12.7 Å². The fourth-order valence-corrected chi connectivity index (χ4v) is 6.13. The summed E-state index contributed by atoms with van der Waals surface area (Å²) in [5, 5.41) is 1.52. The molecule has 2 aliphatic heterocycles. The molecule has 2 unspecified atom stereocenters. The molecular weight excluding hydrogens is 520 g/mol. The zero-order valence-corrected chi connectivity index (χ0v) is 21.4. The lowest BCUT2D eigenvalue weighted by molar-refractivity contribution is -0.155. The predicted molar refractivity (Wildman–Crippen MR) is 141 cm³/mol. The van der Waals surface area contributed by atoms with Crippen LogP contribution in [0.2, 0.25) is 0 Å². The average molecular weight is 545 g/mol. The van der Waals surface area contributed by atoms with E-state index in [0.717, 1.165) is 4.90 Å². The molecule has 0 aliphatic carbocycles. The van der Waals surface area contributed by atoms with Crippen molar-refractivity contribution in [3.63, 3.8) is 0 Å². The van der Waals surface area contributed by atoms with Crippen LogP contribution in [0.4, 0.5) is 0 Å². The number of benzene rings is 3. The molecule has 0 spiro atoms. The molecule has 5 rings (SSSR count). The summed E-state index contributed by atoms with van der Waals surface area (Å²) in [4.78, 5) is 52.0. The number of ether oxygens (including phenoxy) is 2. The Morgan fingerprint density at radius 2 is 1.51 bits per heavy atom. The fraction of sp³-hybridized carbons (Fsp3) is 0.172. The molecule has 9 nitrogen and oxygen atoms in total. The molecule has 2 heterocycles. The first-order valence-corrected chi connectivity index (χ1v) is 13.5. The Bertz CT molecular complexity index is 1400. The van der Waals surface area contributed by atoms with Crippen molar-refractivity contribution >= 4 is 34.9 Å². The summed E-state index contributed by atoms with van der Waals surface area (Å²) in [6.45, 7) is -0.354. The molecule has 0 bridgehead atoms. The molecule has 198 valence electrons. The van der Waals surface area contributed by atoms with E-state index < -0.39 is 46.1 Å². The maximum absolute atomic E-state index is 13.5. The van der Waals surface area contributed by atoms with Crippen molar-refractivity contribution in [2.24, 2.45) is 0 Å². The van der Waals surface area contributed by atoms with Crippen molar-refractivity contribution in [2.75, 3.05) is 12.4 Å². The monoisotopic (exact) mass is 544 g/mol. The molecule has 3 atom stereocenters. The molecule has 1 fully saturated rings. The SMILES string of the molecule is O=CC1=C(C(=O)OC(c2ccccc2)c2ccccc2)N2C(=O)C(NC(=O)COc3ccccc3)[C@H]2S(=O)C1. The van der Waals surface area contributed by atoms with E-state index in [-0.39, 0.29) is 23.6 Å². The molecule has 0 radical (unpaired) electrons. The van der Waals surface area contributed by atoms with E-state index >= 15 is 0 Å². The van der Waals surface area contributed by atoms with Gasteiger partial charge in [-0.05, 0) is 23.3 Å². The minimum Gasteiger partial charge on any atom is -0.484 e. The van der Waals surface area contributed by atoms with E-state index in [1.807, 2.05) is 36.4 Å². The lowest BCUT2D eigenvalue weighted by Crippen LogP contribution is -2.74. The number of β-lactam (4-membered cyclic amide) rings is 1. The fourth-order valence-electron chi connectivity index (χ4n) is 4.51. The van der Waals surface area contributed by atoms with E-state index in [1.165, 1.54) is 0 Å². The van der Waals surface area contributed by atoms with Crippen LogP contribution in [0, 0.1) is 0 Å². The van der Waals surface area contributed by atoms with Gasteiger partial charge in [0.05, 0.1) is 16.6 Å². The van der Waals surface area contributed by atoms with Gasteiger partial charge in [-0.25, -0.2) is 4.79 Å². The lowest BCUT2D eigenvalue weighted by atomic mass is 10.0. The quantitative estimate of drug-likeness (QED) is 0.249. The van der Waals surface area contributed by atoms with Crippen molar-refractivity contribution in [1.82, 2.24) is 10.2 Å². The number of amides is 2. The van der Waals surface area contributed by atoms with Crippen molar-refractivity contribution in [3.8, 4) is 5.75 Å². The van der Waals surface area contributed by atoms with Crippen LogP contribution in [-0.4, -0.2) is 57.0 Å². The highest BCUT2D eigenvalue weighted by Gasteiger charge is 2.57. The Kier molecular flexibility index (Phi) is 7.64. The summed E-state index contributed by atoms with van der Waals surface area (Å²) in [5.41, 5.74) is 1.03. The highest BCUT2D eigenvalue weighted by Crippen LogP contribution is 2.36. The Labute approximate surface area is 226 Å². The number of nitrogens with one attached hydrogen (secondary N) is 1. The summed E-state index contributed by atoms with van der Waals surface area (Å²) in [6, 6.07) is 25.7. The molecule has 39 heavy (non-hydrogen) atoms. The molecule has 1 N–H and O–H groups in total. The number of para-hydroxylation sites is 1. The van der Waals surface area contributed by atoms with Gasteiger partial charge in [-0.1, -0.05) is 78.9 Å². The van der Waals surface area contributed by atoms with Crippen LogP contribution in [-0.2, 0) is 34.7 Å². The Hall–Kier alpha value is -4.57. The number of hydrogen-bond donors (Lipinski definition) is 1. The molecule has 10 heteroatoms. The van der Waals surface area contributed by atoms with Crippen LogP contribution in [0.15, 0.2) is 102 Å². The van der Waals surface area contributed by atoms with Crippen LogP contribution in [0.25, 0.3) is 0 Å². The van der Waals surface area contributed by atoms with Crippen molar-refractivity contribution < 1.29 is 32.9 Å². The number of fused-ring (bicyclic) bond motifs is 1. The van der Waals surface area contributed by atoms with Gasteiger partial charge < -0.3 is 14.8 Å². The maximum atomic E-state index is 13.5. The molecule has 0 saturated carbocycles. The van der Waals surface area contributed by atoms with Crippen molar-refractivity contribution in [1.29, 1.82) is 0 Å². The normalized spacial score (nSPS) is 20.1. The Morgan fingerprint density at radius 3 is 2.08 bits per heavy atom. The largest absolute Gasteiger partial charge is 0.484 e. The summed E-state index contributed by atoms with van der Waals surface area (Å²) in [7, 11) is -1.73. The standard InChI is InChI=1S/C29H24N2O7S/c32-16-21-18-39(36)28-24(30-23(33)17-37-22-14-8-3-9-15-22)27(34)31(28)25(21)29(35)38-26(19-10-4-1-5-11-19)20-12-6-2-7-13-20/h1-16,24,26,28H,17-18H2,(H,30,33)/t24?,28-,39?/m1/s1. The van der Waals surface area contributed by atoms with Gasteiger partial charge in [-0.2, -0.15) is 0 Å². The van der Waals surface area contributed by atoms with Crippen LogP contribution in [0.1, 0.15) is 17.2 Å². The first-order chi connectivity index (χ1) is 19.0. The number of nitrogens with zero attached hydrogens (tertiary/aromatic N) is 1. The van der Waals surface area contributed by atoms with Gasteiger partial charge in [0, 0.05) is 5.57 Å². The highest BCUT2D eigenvalue weighted by atomic mass is 32.2. The zero-order chi connectivity index (χ0) is 27.4. The number of carbonyl (C=O) groups excluding carboxylic acids is 4. The van der Waals surface area contributed by atoms with Gasteiger partial charge in [0.25, 0.3) is 11.8 Å². The summed E-state index contributed by atoms with van der Waals surface area (Å²) >= 11 is 0. The second kappa shape index (κ2) is 11.4. The Balaban J connectivity index is 1.35. The Morgan fingerprint density at radius 1 is 0.949 bits per heavy atom. The smallest absolute Gasteiger partial charge is 0.356 e. The van der Waals surface area contributed by atoms with Gasteiger partial charge in [0.2, 0.25) is 0 Å². The summed E-state index contributed by atoms with van der Waals surface area (Å²) in [6.07, 6.45) is -0.398. The zero-order valence-electron chi connectivity index (χ0n) is 20.6. The second-order valence-corrected chi connectivity index (χ2v) is 10.4. The van der Waals surface area contributed by atoms with E-state index in [9.17, 15) is 23.4 Å². The van der Waals surface area contributed by atoms with E-state index in [4.69, 9.17) is 9.47 Å². The third kappa shape index (κ3) is 5.37. The third-order valence-electron chi connectivity index (χ3n) is 6.35. The van der Waals surface area contributed by atoms with E-state index in [0.29, 0.717) is 23.2 Å². The maximum Gasteiger partial charge on any atom is 0.356 e. The molecule has 2 amide bonds. The number of hydrogen-bond acceptors (Lipinski definition) is 7. The number of carbonyl (C=O) groups is 4. The minimum absolute atomic E-state index is 0.0972. The summed E-state index contributed by atoms with van der Waals surface area (Å²) in [5.74, 6) is -1.93. The predicted octanol–water partition coefficient (Wildman–Crippen LogP) is 2.27. The van der Waals surface area contributed by atoms with Crippen LogP contribution >= 0.6 is 0 Å². The molecule has 2 aliphatic rings. The minimum atomic E-state index is -1.73. The third-order valence-corrected chi connectivity index (χ3v) is 7.97. The first-order valence-electron chi connectivity index (χ1n) is 12.1. The molecule has 1 saturated heterocycles. The van der Waals surface area contributed by atoms with E-state index in [2.05, 4.69) is 5.32 Å². The first kappa shape index (κ1) is 26.1. The number of aldehydes is 1. The van der Waals surface area contributed by atoms with Crippen LogP contribution in [0.3, 0.4) is 0 Å². The van der Waals surface area contributed by atoms with Gasteiger partial charge in [-0.15, -0.1) is 0 Å². The van der Waals surface area contributed by atoms with Crippen molar-refractivity contribution in [3.05, 3.63) is 113 Å². The van der Waals surface area contributed by atoms with Gasteiger partial charge >= 0.3 is 5.97 Å². The topological polar surface area (TPSA) is 119 Å². The number of esters is 1. The number of rotatable bonds is 9. The molecule has 3 aromatic rings. The van der Waals surface area contributed by atoms with E-state index in [1.54, 1.807) is 54.6 Å². The van der Waals surface area contributed by atoms with Gasteiger partial charge in [-0.3, -0.25) is 23.5 Å².